The Morgan fingerprint density at radius 2 is 1.88 bits per heavy atom. The van der Waals surface area contributed by atoms with Gasteiger partial charge >= 0.3 is 0 Å². The van der Waals surface area contributed by atoms with Gasteiger partial charge in [-0.15, -0.1) is 0 Å². The topological polar surface area (TPSA) is 31.9 Å². The van der Waals surface area contributed by atoms with Crippen LogP contribution < -0.4 is 0 Å². The van der Waals surface area contributed by atoms with Gasteiger partial charge in [-0.2, -0.15) is 0 Å². The van der Waals surface area contributed by atoms with Crippen molar-refractivity contribution in [3.63, 3.8) is 0 Å². The van der Waals surface area contributed by atoms with Gasteiger partial charge in [0.1, 0.15) is 5.65 Å². The molecule has 0 unspecified atom stereocenters. The van der Waals surface area contributed by atoms with Crippen molar-refractivity contribution in [1.82, 2.24) is 14.9 Å². The third kappa shape index (κ3) is 3.09. The van der Waals surface area contributed by atoms with Crippen molar-refractivity contribution in [3.8, 4) is 0 Å². The summed E-state index contributed by atoms with van der Waals surface area (Å²) in [7, 11) is 0. The van der Waals surface area contributed by atoms with Crippen LogP contribution in [0.2, 0.25) is 0 Å². The average Bonchev–Trinajstić information content (AvgIpc) is 3.12. The smallest absolute Gasteiger partial charge is 0.137 e. The van der Waals surface area contributed by atoms with Gasteiger partial charge in [0.25, 0.3) is 0 Å². The molecule has 4 rings (SSSR count). The van der Waals surface area contributed by atoms with Crippen molar-refractivity contribution in [2.45, 2.75) is 38.6 Å². The number of piperidine rings is 1. The van der Waals surface area contributed by atoms with E-state index in [2.05, 4.69) is 58.2 Å². The molecule has 3 heteroatoms. The highest BCUT2D eigenvalue weighted by Crippen LogP contribution is 2.29. The second-order valence-corrected chi connectivity index (χ2v) is 6.86. The maximum Gasteiger partial charge on any atom is 0.137 e. The molecule has 3 aromatic rings. The highest BCUT2D eigenvalue weighted by Gasteiger charge is 2.21. The van der Waals surface area contributed by atoms with Crippen LogP contribution in [0, 0.1) is 0 Å². The zero-order valence-corrected chi connectivity index (χ0v) is 14.3. The molecule has 1 N–H and O–H groups in total. The Labute approximate surface area is 143 Å². The van der Waals surface area contributed by atoms with Crippen molar-refractivity contribution in [1.29, 1.82) is 0 Å². The van der Waals surface area contributed by atoms with E-state index in [0.717, 1.165) is 24.5 Å². The average molecular weight is 319 g/mol. The second-order valence-electron chi connectivity index (χ2n) is 6.86. The molecule has 124 valence electrons. The maximum atomic E-state index is 4.39. The number of hydrogen-bond acceptors (Lipinski definition) is 2. The number of hydrogen-bond donors (Lipinski definition) is 1. The number of benzene rings is 1. The van der Waals surface area contributed by atoms with Crippen molar-refractivity contribution >= 4 is 11.0 Å². The van der Waals surface area contributed by atoms with E-state index in [4.69, 9.17) is 0 Å². The molecule has 0 saturated carbocycles. The Morgan fingerprint density at radius 3 is 2.62 bits per heavy atom. The van der Waals surface area contributed by atoms with Gasteiger partial charge in [-0.05, 0) is 67.1 Å². The van der Waals surface area contributed by atoms with E-state index < -0.39 is 0 Å². The van der Waals surface area contributed by atoms with E-state index in [9.17, 15) is 0 Å². The van der Waals surface area contributed by atoms with E-state index >= 15 is 0 Å². The number of nitrogens with one attached hydrogen (secondary N) is 1. The Kier molecular flexibility index (Phi) is 4.35. The predicted octanol–water partition coefficient (Wildman–Crippen LogP) is 4.50. The first-order chi connectivity index (χ1) is 11.8. The minimum absolute atomic E-state index is 0.719. The summed E-state index contributed by atoms with van der Waals surface area (Å²) >= 11 is 0. The minimum Gasteiger partial charge on any atom is -0.346 e. The second kappa shape index (κ2) is 6.78. The molecule has 24 heavy (non-hydrogen) atoms. The summed E-state index contributed by atoms with van der Waals surface area (Å²) in [4.78, 5) is 10.2. The van der Waals surface area contributed by atoms with Crippen LogP contribution in [-0.4, -0.2) is 28.0 Å². The Balaban J connectivity index is 1.40. The first-order valence-corrected chi connectivity index (χ1v) is 9.05. The molecule has 0 radical (unpaired) electrons. The van der Waals surface area contributed by atoms with Gasteiger partial charge < -0.3 is 4.98 Å². The number of rotatable bonds is 4. The van der Waals surface area contributed by atoms with Crippen LogP contribution in [0.15, 0.2) is 48.8 Å². The van der Waals surface area contributed by atoms with E-state index in [0.29, 0.717) is 0 Å². The summed E-state index contributed by atoms with van der Waals surface area (Å²) in [6.45, 7) is 5.59. The molecule has 2 aromatic heterocycles. The number of aryl methyl sites for hydroxylation is 1. The van der Waals surface area contributed by atoms with Gasteiger partial charge in [0.2, 0.25) is 0 Å². The molecular formula is C21H25N3. The van der Waals surface area contributed by atoms with Crippen LogP contribution in [0.5, 0.6) is 0 Å². The first kappa shape index (κ1) is 15.4. The van der Waals surface area contributed by atoms with Crippen LogP contribution in [0.25, 0.3) is 11.0 Å². The number of likely N-dealkylation sites (tertiary alicyclic amines) is 1. The van der Waals surface area contributed by atoms with Crippen LogP contribution in [-0.2, 0) is 13.0 Å². The third-order valence-electron chi connectivity index (χ3n) is 5.39. The highest BCUT2D eigenvalue weighted by atomic mass is 15.1. The Morgan fingerprint density at radius 1 is 1.08 bits per heavy atom. The number of H-pyrrole nitrogens is 1. The molecule has 1 aromatic carbocycles. The van der Waals surface area contributed by atoms with Gasteiger partial charge in [-0.25, -0.2) is 4.98 Å². The molecule has 3 heterocycles. The summed E-state index contributed by atoms with van der Waals surface area (Å²) in [5.74, 6) is 0.719. The number of aromatic nitrogens is 2. The highest BCUT2D eigenvalue weighted by molar-refractivity contribution is 5.79. The van der Waals surface area contributed by atoms with Gasteiger partial charge in [0, 0.05) is 24.3 Å². The molecule has 0 spiro atoms. The SMILES string of the molecule is CCc1ccc(C2CCN(Cc3ccnc4[nH]ccc34)CC2)cc1. The molecule has 1 saturated heterocycles. The van der Waals surface area contributed by atoms with Gasteiger partial charge in [-0.3, -0.25) is 4.90 Å². The third-order valence-corrected chi connectivity index (χ3v) is 5.39. The van der Waals surface area contributed by atoms with Crippen LogP contribution in [0.1, 0.15) is 42.4 Å². The molecule has 0 bridgehead atoms. The van der Waals surface area contributed by atoms with Crippen molar-refractivity contribution < 1.29 is 0 Å². The maximum absolute atomic E-state index is 4.39. The standard InChI is InChI=1S/C21H25N3/c1-2-16-3-5-17(6-4-16)18-9-13-24(14-10-18)15-19-7-11-22-21-20(19)8-12-23-21/h3-8,11-12,18H,2,9-10,13-15H2,1H3,(H,22,23). The fourth-order valence-electron chi connectivity index (χ4n) is 3.85. The minimum atomic E-state index is 0.719. The first-order valence-electron chi connectivity index (χ1n) is 9.05. The lowest BCUT2D eigenvalue weighted by atomic mass is 9.88. The summed E-state index contributed by atoms with van der Waals surface area (Å²) < 4.78 is 0. The molecule has 0 aliphatic carbocycles. The fourth-order valence-corrected chi connectivity index (χ4v) is 3.85. The van der Waals surface area contributed by atoms with Crippen molar-refractivity contribution in [2.24, 2.45) is 0 Å². The molecule has 1 aliphatic rings. The molecular weight excluding hydrogens is 294 g/mol. The summed E-state index contributed by atoms with van der Waals surface area (Å²) in [5.41, 5.74) is 5.33. The Bertz CT molecular complexity index is 795. The lowest BCUT2D eigenvalue weighted by Gasteiger charge is -2.32. The summed E-state index contributed by atoms with van der Waals surface area (Å²) in [5, 5.41) is 1.26. The van der Waals surface area contributed by atoms with E-state index in [-0.39, 0.29) is 0 Å². The summed E-state index contributed by atoms with van der Waals surface area (Å²) in [6.07, 6.45) is 7.53. The molecule has 1 aliphatic heterocycles. The van der Waals surface area contributed by atoms with E-state index in [1.165, 1.54) is 48.0 Å². The van der Waals surface area contributed by atoms with Gasteiger partial charge in [0.15, 0.2) is 0 Å². The number of pyridine rings is 1. The Hall–Kier alpha value is -2.13. The normalized spacial score (nSPS) is 16.7. The predicted molar refractivity (Wildman–Crippen MR) is 99.2 cm³/mol. The van der Waals surface area contributed by atoms with E-state index in [1.807, 2.05) is 12.4 Å². The largest absolute Gasteiger partial charge is 0.346 e. The van der Waals surface area contributed by atoms with Crippen LogP contribution >= 0.6 is 0 Å². The molecule has 1 fully saturated rings. The number of aromatic amines is 1. The lowest BCUT2D eigenvalue weighted by Crippen LogP contribution is -2.32. The lowest BCUT2D eigenvalue weighted by molar-refractivity contribution is 0.205. The van der Waals surface area contributed by atoms with E-state index in [1.54, 1.807) is 0 Å². The zero-order chi connectivity index (χ0) is 16.4. The van der Waals surface area contributed by atoms with Gasteiger partial charge in [-0.1, -0.05) is 31.2 Å². The van der Waals surface area contributed by atoms with Gasteiger partial charge in [0.05, 0.1) is 0 Å². The van der Waals surface area contributed by atoms with Crippen LogP contribution in [0.3, 0.4) is 0 Å². The quantitative estimate of drug-likeness (QED) is 0.767. The number of nitrogens with zero attached hydrogens (tertiary/aromatic N) is 2. The fraction of sp³-hybridized carbons (Fsp3) is 0.381. The summed E-state index contributed by atoms with van der Waals surface area (Å²) in [6, 6.07) is 13.6. The zero-order valence-electron chi connectivity index (χ0n) is 14.3. The number of fused-ring (bicyclic) bond motifs is 1. The van der Waals surface area contributed by atoms with Crippen molar-refractivity contribution in [3.05, 3.63) is 65.5 Å². The molecule has 3 nitrogen and oxygen atoms in total. The van der Waals surface area contributed by atoms with Crippen molar-refractivity contribution in [2.75, 3.05) is 13.1 Å². The monoisotopic (exact) mass is 319 g/mol. The molecule has 0 atom stereocenters. The van der Waals surface area contributed by atoms with Crippen LogP contribution in [0.4, 0.5) is 0 Å². The molecule has 0 amide bonds.